The Balaban J connectivity index is 2.35. The van der Waals surface area contributed by atoms with E-state index in [1.165, 1.54) is 32.1 Å². The van der Waals surface area contributed by atoms with E-state index in [9.17, 15) is 0 Å². The van der Waals surface area contributed by atoms with Crippen molar-refractivity contribution in [1.29, 1.82) is 0 Å². The van der Waals surface area contributed by atoms with Crippen molar-refractivity contribution in [3.05, 3.63) is 23.8 Å². The standard InChI is InChI=1S/C13H22N2/c1-3-5-7-9-13-11-14-12(10-15-13)8-6-4-2/h10-11H,3-9H2,1-2H3. The van der Waals surface area contributed by atoms with Crippen molar-refractivity contribution in [3.63, 3.8) is 0 Å². The quantitative estimate of drug-likeness (QED) is 0.638. The van der Waals surface area contributed by atoms with Gasteiger partial charge in [0.05, 0.1) is 11.4 Å². The van der Waals surface area contributed by atoms with Gasteiger partial charge < -0.3 is 0 Å². The van der Waals surface area contributed by atoms with Crippen molar-refractivity contribution >= 4 is 0 Å². The minimum Gasteiger partial charge on any atom is -0.258 e. The van der Waals surface area contributed by atoms with Crippen LogP contribution in [0.5, 0.6) is 0 Å². The highest BCUT2D eigenvalue weighted by Crippen LogP contribution is 2.05. The molecule has 0 aromatic carbocycles. The van der Waals surface area contributed by atoms with Crippen molar-refractivity contribution in [2.45, 2.75) is 58.8 Å². The summed E-state index contributed by atoms with van der Waals surface area (Å²) in [7, 11) is 0. The van der Waals surface area contributed by atoms with Crippen molar-refractivity contribution in [2.24, 2.45) is 0 Å². The van der Waals surface area contributed by atoms with Crippen LogP contribution in [0.1, 0.15) is 57.3 Å². The molecule has 0 amide bonds. The maximum absolute atomic E-state index is 4.44. The zero-order valence-corrected chi connectivity index (χ0v) is 10.00. The lowest BCUT2D eigenvalue weighted by molar-refractivity contribution is 0.700. The first-order chi connectivity index (χ1) is 7.36. The first kappa shape index (κ1) is 12.2. The van der Waals surface area contributed by atoms with Gasteiger partial charge in [0.25, 0.3) is 0 Å². The van der Waals surface area contributed by atoms with Gasteiger partial charge in [-0.2, -0.15) is 0 Å². The van der Waals surface area contributed by atoms with Gasteiger partial charge in [-0.1, -0.05) is 33.1 Å². The second kappa shape index (κ2) is 7.38. The number of aromatic nitrogens is 2. The van der Waals surface area contributed by atoms with Gasteiger partial charge in [-0.15, -0.1) is 0 Å². The van der Waals surface area contributed by atoms with Gasteiger partial charge in [0.1, 0.15) is 0 Å². The molecule has 0 spiro atoms. The van der Waals surface area contributed by atoms with Gasteiger partial charge >= 0.3 is 0 Å². The Morgan fingerprint density at radius 3 is 1.80 bits per heavy atom. The number of nitrogens with zero attached hydrogens (tertiary/aromatic N) is 2. The number of aryl methyl sites for hydroxylation is 2. The Morgan fingerprint density at radius 2 is 1.33 bits per heavy atom. The summed E-state index contributed by atoms with van der Waals surface area (Å²) < 4.78 is 0. The lowest BCUT2D eigenvalue weighted by Crippen LogP contribution is -1.96. The Bertz CT molecular complexity index is 254. The maximum atomic E-state index is 4.44. The summed E-state index contributed by atoms with van der Waals surface area (Å²) in [4.78, 5) is 8.87. The molecule has 2 nitrogen and oxygen atoms in total. The topological polar surface area (TPSA) is 25.8 Å². The zero-order chi connectivity index (χ0) is 10.9. The van der Waals surface area contributed by atoms with Crippen molar-refractivity contribution < 1.29 is 0 Å². The molecular formula is C13H22N2. The fourth-order valence-corrected chi connectivity index (χ4v) is 1.55. The smallest absolute Gasteiger partial charge is 0.0586 e. The molecule has 0 radical (unpaired) electrons. The van der Waals surface area contributed by atoms with Crippen LogP contribution in [0.3, 0.4) is 0 Å². The van der Waals surface area contributed by atoms with Crippen LogP contribution < -0.4 is 0 Å². The van der Waals surface area contributed by atoms with Crippen LogP contribution in [-0.4, -0.2) is 9.97 Å². The van der Waals surface area contributed by atoms with E-state index < -0.39 is 0 Å². The number of rotatable bonds is 7. The molecule has 0 saturated heterocycles. The monoisotopic (exact) mass is 206 g/mol. The van der Waals surface area contributed by atoms with Crippen LogP contribution in [0, 0.1) is 0 Å². The third-order valence-corrected chi connectivity index (χ3v) is 2.58. The molecule has 15 heavy (non-hydrogen) atoms. The summed E-state index contributed by atoms with van der Waals surface area (Å²) in [6.45, 7) is 4.42. The third-order valence-electron chi connectivity index (χ3n) is 2.58. The van der Waals surface area contributed by atoms with Gasteiger partial charge in [0, 0.05) is 12.4 Å². The number of hydrogen-bond acceptors (Lipinski definition) is 2. The summed E-state index contributed by atoms with van der Waals surface area (Å²) in [5, 5.41) is 0. The lowest BCUT2D eigenvalue weighted by atomic mass is 10.1. The summed E-state index contributed by atoms with van der Waals surface area (Å²) in [5.41, 5.74) is 2.28. The summed E-state index contributed by atoms with van der Waals surface area (Å²) in [5.74, 6) is 0. The number of unbranched alkanes of at least 4 members (excludes halogenated alkanes) is 3. The molecule has 0 fully saturated rings. The van der Waals surface area contributed by atoms with E-state index in [-0.39, 0.29) is 0 Å². The van der Waals surface area contributed by atoms with E-state index in [0.29, 0.717) is 0 Å². The van der Waals surface area contributed by atoms with Gasteiger partial charge in [-0.05, 0) is 25.7 Å². The summed E-state index contributed by atoms with van der Waals surface area (Å²) >= 11 is 0. The molecule has 1 aromatic heterocycles. The highest BCUT2D eigenvalue weighted by molar-refractivity contribution is 5.02. The Labute approximate surface area is 93.2 Å². The SMILES string of the molecule is CCCCCc1cnc(CCCC)cn1. The van der Waals surface area contributed by atoms with Crippen molar-refractivity contribution in [1.82, 2.24) is 9.97 Å². The normalized spacial score (nSPS) is 10.5. The molecular weight excluding hydrogens is 184 g/mol. The van der Waals surface area contributed by atoms with Gasteiger partial charge in [-0.25, -0.2) is 0 Å². The first-order valence-electron chi connectivity index (χ1n) is 6.16. The average molecular weight is 206 g/mol. The molecule has 1 rings (SSSR count). The largest absolute Gasteiger partial charge is 0.258 e. The zero-order valence-electron chi connectivity index (χ0n) is 10.00. The minimum atomic E-state index is 1.07. The summed E-state index contributed by atoms with van der Waals surface area (Å²) in [6.07, 6.45) is 12.3. The van der Waals surface area contributed by atoms with Crippen molar-refractivity contribution in [2.75, 3.05) is 0 Å². The van der Waals surface area contributed by atoms with Crippen LogP contribution in [-0.2, 0) is 12.8 Å². The van der Waals surface area contributed by atoms with Crippen LogP contribution >= 0.6 is 0 Å². The molecule has 1 aromatic rings. The third kappa shape index (κ3) is 4.91. The van der Waals surface area contributed by atoms with Gasteiger partial charge in [0.15, 0.2) is 0 Å². The van der Waals surface area contributed by atoms with E-state index in [2.05, 4.69) is 23.8 Å². The molecule has 0 bridgehead atoms. The maximum Gasteiger partial charge on any atom is 0.0586 e. The van der Waals surface area contributed by atoms with Gasteiger partial charge in [0.2, 0.25) is 0 Å². The molecule has 0 aliphatic carbocycles. The fraction of sp³-hybridized carbons (Fsp3) is 0.692. The Morgan fingerprint density at radius 1 is 0.800 bits per heavy atom. The molecule has 84 valence electrons. The highest BCUT2D eigenvalue weighted by Gasteiger charge is 1.97. The molecule has 0 unspecified atom stereocenters. The molecule has 2 heteroatoms. The van der Waals surface area contributed by atoms with Crippen molar-refractivity contribution in [3.8, 4) is 0 Å². The van der Waals surface area contributed by atoms with Crippen LogP contribution in [0.15, 0.2) is 12.4 Å². The number of hydrogen-bond donors (Lipinski definition) is 0. The van der Waals surface area contributed by atoms with Gasteiger partial charge in [-0.3, -0.25) is 9.97 Å². The first-order valence-corrected chi connectivity index (χ1v) is 6.16. The second-order valence-corrected chi connectivity index (χ2v) is 4.06. The van der Waals surface area contributed by atoms with E-state index in [1.54, 1.807) is 0 Å². The van der Waals surface area contributed by atoms with Crippen LogP contribution in [0.4, 0.5) is 0 Å². The predicted octanol–water partition coefficient (Wildman–Crippen LogP) is 3.55. The second-order valence-electron chi connectivity index (χ2n) is 4.06. The fourth-order valence-electron chi connectivity index (χ4n) is 1.55. The van der Waals surface area contributed by atoms with E-state index in [4.69, 9.17) is 0 Å². The molecule has 1 heterocycles. The Hall–Kier alpha value is -0.920. The van der Waals surface area contributed by atoms with E-state index in [1.807, 2.05) is 12.4 Å². The average Bonchev–Trinajstić information content (AvgIpc) is 2.28. The summed E-state index contributed by atoms with van der Waals surface area (Å²) in [6, 6.07) is 0. The molecule has 0 atom stereocenters. The molecule has 0 aliphatic heterocycles. The van der Waals surface area contributed by atoms with Crippen LogP contribution in [0.2, 0.25) is 0 Å². The van der Waals surface area contributed by atoms with Crippen LogP contribution in [0.25, 0.3) is 0 Å². The van der Waals surface area contributed by atoms with E-state index >= 15 is 0 Å². The molecule has 0 N–H and O–H groups in total. The highest BCUT2D eigenvalue weighted by atomic mass is 14.8. The lowest BCUT2D eigenvalue weighted by Gasteiger charge is -2.01. The molecule has 0 saturated carbocycles. The molecule has 0 aliphatic rings. The predicted molar refractivity (Wildman–Crippen MR) is 63.9 cm³/mol. The minimum absolute atomic E-state index is 1.07. The Kier molecular flexibility index (Phi) is 5.98. The van der Waals surface area contributed by atoms with E-state index in [0.717, 1.165) is 24.2 Å².